The highest BCUT2D eigenvalue weighted by Crippen LogP contribution is 2.09. The Morgan fingerprint density at radius 3 is 2.43 bits per heavy atom. The Morgan fingerprint density at radius 2 is 1.95 bits per heavy atom. The van der Waals surface area contributed by atoms with Crippen LogP contribution in [0, 0.1) is 5.92 Å². The molecule has 2 N–H and O–H groups in total. The molecule has 2 unspecified atom stereocenters. The third-order valence-corrected chi connectivity index (χ3v) is 2.93. The second kappa shape index (κ2) is 7.28. The zero-order chi connectivity index (χ0) is 16.0. The summed E-state index contributed by atoms with van der Waals surface area (Å²) < 4.78 is 5.02. The first kappa shape index (κ1) is 16.5. The standard InChI is InChI=1S/C14H17NO6/c1-9(13(17)18)8-15(10(2)14(19)20)12(16)6-5-11-4-3-7-21-11/h3-7,9-10H,8H2,1-2H3,(H,17,18)(H,19,20)/b6-5+. The van der Waals surface area contributed by atoms with Gasteiger partial charge in [0.15, 0.2) is 0 Å². The van der Waals surface area contributed by atoms with Crippen LogP contribution in [0.25, 0.3) is 6.08 Å². The molecule has 114 valence electrons. The maximum absolute atomic E-state index is 12.1. The van der Waals surface area contributed by atoms with Crippen LogP contribution >= 0.6 is 0 Å². The van der Waals surface area contributed by atoms with Crippen LogP contribution in [0.15, 0.2) is 28.9 Å². The molecule has 0 spiro atoms. The Hall–Kier alpha value is -2.57. The van der Waals surface area contributed by atoms with E-state index in [0.717, 1.165) is 11.0 Å². The van der Waals surface area contributed by atoms with Crippen LogP contribution in [-0.2, 0) is 14.4 Å². The molecule has 1 amide bonds. The highest BCUT2D eigenvalue weighted by molar-refractivity contribution is 5.94. The molecular weight excluding hydrogens is 278 g/mol. The number of carbonyl (C=O) groups is 3. The molecule has 0 aliphatic carbocycles. The third-order valence-electron chi connectivity index (χ3n) is 2.93. The van der Waals surface area contributed by atoms with Crippen LogP contribution in [0.5, 0.6) is 0 Å². The Morgan fingerprint density at radius 1 is 1.29 bits per heavy atom. The normalized spacial score (nSPS) is 13.8. The molecule has 0 bridgehead atoms. The number of amides is 1. The second-order valence-corrected chi connectivity index (χ2v) is 4.59. The van der Waals surface area contributed by atoms with Crippen LogP contribution < -0.4 is 0 Å². The van der Waals surface area contributed by atoms with Crippen molar-refractivity contribution in [3.8, 4) is 0 Å². The molecule has 21 heavy (non-hydrogen) atoms. The summed E-state index contributed by atoms with van der Waals surface area (Å²) in [6.07, 6.45) is 4.00. The number of carboxylic acids is 2. The molecule has 0 saturated carbocycles. The summed E-state index contributed by atoms with van der Waals surface area (Å²) in [4.78, 5) is 35.0. The van der Waals surface area contributed by atoms with Gasteiger partial charge in [0.1, 0.15) is 11.8 Å². The van der Waals surface area contributed by atoms with Crippen molar-refractivity contribution in [1.29, 1.82) is 0 Å². The maximum atomic E-state index is 12.1. The first-order chi connectivity index (χ1) is 9.82. The number of carboxylic acid groups (broad SMARTS) is 2. The molecule has 0 fully saturated rings. The zero-order valence-electron chi connectivity index (χ0n) is 11.7. The van der Waals surface area contributed by atoms with Gasteiger partial charge in [0.05, 0.1) is 12.2 Å². The van der Waals surface area contributed by atoms with Gasteiger partial charge in [-0.15, -0.1) is 0 Å². The SMILES string of the molecule is CC(CN(C(=O)/C=C/c1ccco1)C(C)C(=O)O)C(=O)O. The Labute approximate surface area is 121 Å². The van der Waals surface area contributed by atoms with Gasteiger partial charge in [-0.05, 0) is 25.1 Å². The predicted molar refractivity (Wildman–Crippen MR) is 73.4 cm³/mol. The van der Waals surface area contributed by atoms with E-state index in [1.165, 1.54) is 26.2 Å². The fourth-order valence-corrected chi connectivity index (χ4v) is 1.58. The van der Waals surface area contributed by atoms with Gasteiger partial charge in [-0.3, -0.25) is 9.59 Å². The summed E-state index contributed by atoms with van der Waals surface area (Å²) >= 11 is 0. The summed E-state index contributed by atoms with van der Waals surface area (Å²) in [6, 6.07) is 2.16. The lowest BCUT2D eigenvalue weighted by Crippen LogP contribution is -2.45. The molecule has 7 nitrogen and oxygen atoms in total. The fraction of sp³-hybridized carbons (Fsp3) is 0.357. The largest absolute Gasteiger partial charge is 0.481 e. The van der Waals surface area contributed by atoms with Gasteiger partial charge in [-0.2, -0.15) is 0 Å². The number of aliphatic carboxylic acids is 2. The fourth-order valence-electron chi connectivity index (χ4n) is 1.58. The van der Waals surface area contributed by atoms with Gasteiger partial charge >= 0.3 is 11.9 Å². The molecule has 1 rings (SSSR count). The van der Waals surface area contributed by atoms with E-state index in [2.05, 4.69) is 0 Å². The van der Waals surface area contributed by atoms with E-state index >= 15 is 0 Å². The molecular formula is C14H17NO6. The first-order valence-electron chi connectivity index (χ1n) is 6.30. The van der Waals surface area contributed by atoms with Gasteiger partial charge in [0, 0.05) is 12.6 Å². The lowest BCUT2D eigenvalue weighted by molar-refractivity contribution is -0.150. The number of hydrogen-bond donors (Lipinski definition) is 2. The number of rotatable bonds is 7. The quantitative estimate of drug-likeness (QED) is 0.734. The topological polar surface area (TPSA) is 108 Å². The highest BCUT2D eigenvalue weighted by atomic mass is 16.4. The van der Waals surface area contributed by atoms with Crippen LogP contribution in [-0.4, -0.2) is 45.5 Å². The van der Waals surface area contributed by atoms with Gasteiger partial charge in [0.2, 0.25) is 5.91 Å². The monoisotopic (exact) mass is 295 g/mol. The van der Waals surface area contributed by atoms with E-state index in [9.17, 15) is 14.4 Å². The minimum atomic E-state index is -1.20. The van der Waals surface area contributed by atoms with Crippen molar-refractivity contribution in [3.05, 3.63) is 30.2 Å². The summed E-state index contributed by atoms with van der Waals surface area (Å²) in [5.74, 6) is -3.31. The minimum absolute atomic E-state index is 0.190. The summed E-state index contributed by atoms with van der Waals surface area (Å²) in [5, 5.41) is 17.9. The van der Waals surface area contributed by atoms with Gasteiger partial charge in [0.25, 0.3) is 0 Å². The van der Waals surface area contributed by atoms with E-state index in [1.807, 2.05) is 0 Å². The summed E-state index contributed by atoms with van der Waals surface area (Å²) in [5.41, 5.74) is 0. The van der Waals surface area contributed by atoms with Crippen molar-refractivity contribution in [3.63, 3.8) is 0 Å². The molecule has 1 aromatic heterocycles. The minimum Gasteiger partial charge on any atom is -0.481 e. The molecule has 0 aromatic carbocycles. The molecule has 1 aromatic rings. The zero-order valence-corrected chi connectivity index (χ0v) is 11.7. The second-order valence-electron chi connectivity index (χ2n) is 4.59. The predicted octanol–water partition coefficient (Wildman–Crippen LogP) is 1.32. The van der Waals surface area contributed by atoms with Crippen LogP contribution in [0.2, 0.25) is 0 Å². The van der Waals surface area contributed by atoms with Crippen molar-refractivity contribution in [2.24, 2.45) is 5.92 Å². The van der Waals surface area contributed by atoms with Crippen LogP contribution in [0.4, 0.5) is 0 Å². The Bertz CT molecular complexity index is 534. The summed E-state index contributed by atoms with van der Waals surface area (Å²) in [7, 11) is 0. The average molecular weight is 295 g/mol. The smallest absolute Gasteiger partial charge is 0.326 e. The Balaban J connectivity index is 2.86. The van der Waals surface area contributed by atoms with Crippen LogP contribution in [0.3, 0.4) is 0 Å². The average Bonchev–Trinajstić information content (AvgIpc) is 2.94. The van der Waals surface area contributed by atoms with E-state index in [-0.39, 0.29) is 6.54 Å². The molecule has 0 aliphatic rings. The van der Waals surface area contributed by atoms with Crippen molar-refractivity contribution in [2.75, 3.05) is 6.54 Å². The Kier molecular flexibility index (Phi) is 5.71. The molecule has 0 saturated heterocycles. The van der Waals surface area contributed by atoms with Crippen molar-refractivity contribution >= 4 is 23.9 Å². The third kappa shape index (κ3) is 4.79. The van der Waals surface area contributed by atoms with Crippen molar-refractivity contribution < 1.29 is 29.0 Å². The molecule has 7 heteroatoms. The van der Waals surface area contributed by atoms with E-state index in [4.69, 9.17) is 14.6 Å². The van der Waals surface area contributed by atoms with Gasteiger partial charge in [-0.1, -0.05) is 6.92 Å². The first-order valence-corrected chi connectivity index (χ1v) is 6.30. The number of furan rings is 1. The molecule has 0 radical (unpaired) electrons. The summed E-state index contributed by atoms with van der Waals surface area (Å²) in [6.45, 7) is 2.55. The molecule has 2 atom stereocenters. The lowest BCUT2D eigenvalue weighted by atomic mass is 10.1. The van der Waals surface area contributed by atoms with E-state index in [0.29, 0.717) is 5.76 Å². The molecule has 1 heterocycles. The maximum Gasteiger partial charge on any atom is 0.326 e. The van der Waals surface area contributed by atoms with Crippen LogP contribution in [0.1, 0.15) is 19.6 Å². The van der Waals surface area contributed by atoms with Gasteiger partial charge in [-0.25, -0.2) is 4.79 Å². The number of carbonyl (C=O) groups excluding carboxylic acids is 1. The number of nitrogens with zero attached hydrogens (tertiary/aromatic N) is 1. The van der Waals surface area contributed by atoms with E-state index in [1.54, 1.807) is 12.1 Å². The van der Waals surface area contributed by atoms with Crippen molar-refractivity contribution in [2.45, 2.75) is 19.9 Å². The van der Waals surface area contributed by atoms with Gasteiger partial charge < -0.3 is 19.5 Å². The number of hydrogen-bond acceptors (Lipinski definition) is 4. The lowest BCUT2D eigenvalue weighted by Gasteiger charge is -2.26. The van der Waals surface area contributed by atoms with Crippen molar-refractivity contribution in [1.82, 2.24) is 4.90 Å². The van der Waals surface area contributed by atoms with E-state index < -0.39 is 29.8 Å². The molecule has 0 aliphatic heterocycles. The highest BCUT2D eigenvalue weighted by Gasteiger charge is 2.27.